The van der Waals surface area contributed by atoms with E-state index in [1.807, 2.05) is 12.1 Å². The Hall–Kier alpha value is -1.02. The molecule has 0 bridgehead atoms. The molecule has 2 rings (SSSR count). The molecule has 3 heteroatoms. The first-order valence-electron chi connectivity index (χ1n) is 2.85. The van der Waals surface area contributed by atoms with Crippen LogP contribution in [-0.2, 0) is 0 Å². The highest BCUT2D eigenvalue weighted by Gasteiger charge is 2.01. The molecule has 2 nitrogen and oxygen atoms in total. The normalized spacial score (nSPS) is 10.5. The van der Waals surface area contributed by atoms with Gasteiger partial charge in [-0.2, -0.15) is 0 Å². The number of rotatable bonds is 0. The number of nitrogens with zero attached hydrogens (tertiary/aromatic N) is 1. The van der Waals surface area contributed by atoms with Gasteiger partial charge in [-0.1, -0.05) is 11.6 Å². The third-order valence-corrected chi connectivity index (χ3v) is 1.55. The molecular formula is C7H4ClNO. The van der Waals surface area contributed by atoms with Gasteiger partial charge >= 0.3 is 0 Å². The average Bonchev–Trinajstić information content (AvgIpc) is 2.34. The average molecular weight is 154 g/mol. The summed E-state index contributed by atoms with van der Waals surface area (Å²) in [4.78, 5) is 4.02. The predicted octanol–water partition coefficient (Wildman–Crippen LogP) is 2.48. The van der Waals surface area contributed by atoms with Gasteiger partial charge < -0.3 is 4.42 Å². The van der Waals surface area contributed by atoms with Gasteiger partial charge in [0.25, 0.3) is 0 Å². The number of hydrogen-bond acceptors (Lipinski definition) is 2. The minimum atomic E-state index is 0.565. The van der Waals surface area contributed by atoms with Crippen molar-refractivity contribution in [2.45, 2.75) is 0 Å². The van der Waals surface area contributed by atoms with Gasteiger partial charge in [0.05, 0.1) is 0 Å². The molecule has 0 saturated carbocycles. The fourth-order valence-electron chi connectivity index (χ4n) is 0.836. The van der Waals surface area contributed by atoms with E-state index in [-0.39, 0.29) is 0 Å². The van der Waals surface area contributed by atoms with E-state index in [4.69, 9.17) is 16.0 Å². The van der Waals surface area contributed by atoms with Gasteiger partial charge in [0.2, 0.25) is 0 Å². The van der Waals surface area contributed by atoms with Crippen LogP contribution in [0.3, 0.4) is 0 Å². The van der Waals surface area contributed by atoms with Crippen LogP contribution in [-0.4, -0.2) is 4.98 Å². The zero-order valence-electron chi connectivity index (χ0n) is 5.04. The van der Waals surface area contributed by atoms with Gasteiger partial charge in [0.15, 0.2) is 5.58 Å². The summed E-state index contributed by atoms with van der Waals surface area (Å²) in [6, 6.07) is 3.64. The van der Waals surface area contributed by atoms with Crippen LogP contribution in [0.4, 0.5) is 0 Å². The van der Waals surface area contributed by atoms with Gasteiger partial charge in [-0.25, -0.2) is 0 Å². The summed E-state index contributed by atoms with van der Waals surface area (Å²) in [5.41, 5.74) is 1.46. The summed E-state index contributed by atoms with van der Waals surface area (Å²) < 4.78 is 5.05. The molecule has 2 heterocycles. The van der Waals surface area contributed by atoms with Gasteiger partial charge in [0.1, 0.15) is 16.8 Å². The number of halogens is 1. The molecule has 0 aliphatic heterocycles. The Morgan fingerprint density at radius 2 is 2.40 bits per heavy atom. The molecule has 0 N–H and O–H groups in total. The second-order valence-corrected chi connectivity index (χ2v) is 2.34. The molecule has 0 aliphatic rings. The smallest absolute Gasteiger partial charge is 0.153 e. The Labute approximate surface area is 62.4 Å². The lowest BCUT2D eigenvalue weighted by Gasteiger charge is -1.82. The molecule has 0 saturated heterocycles. The SMILES string of the molecule is Clc1coc2cccnc12. The van der Waals surface area contributed by atoms with Crippen molar-refractivity contribution in [3.05, 3.63) is 29.6 Å². The van der Waals surface area contributed by atoms with E-state index >= 15 is 0 Å². The molecular weight excluding hydrogens is 150 g/mol. The van der Waals surface area contributed by atoms with Gasteiger partial charge in [-0.15, -0.1) is 0 Å². The minimum absolute atomic E-state index is 0.565. The van der Waals surface area contributed by atoms with Crippen molar-refractivity contribution in [2.24, 2.45) is 0 Å². The van der Waals surface area contributed by atoms with Crippen molar-refractivity contribution in [3.8, 4) is 0 Å². The van der Waals surface area contributed by atoms with Crippen LogP contribution in [0.1, 0.15) is 0 Å². The van der Waals surface area contributed by atoms with E-state index in [0.29, 0.717) is 5.02 Å². The van der Waals surface area contributed by atoms with Gasteiger partial charge in [-0.05, 0) is 12.1 Å². The monoisotopic (exact) mass is 153 g/mol. The standard InChI is InChI=1S/C7H4ClNO/c8-5-4-10-6-2-1-3-9-7(5)6/h1-4H. The van der Waals surface area contributed by atoms with Crippen molar-refractivity contribution in [1.29, 1.82) is 0 Å². The van der Waals surface area contributed by atoms with E-state index in [1.54, 1.807) is 6.20 Å². The number of hydrogen-bond donors (Lipinski definition) is 0. The van der Waals surface area contributed by atoms with Crippen LogP contribution < -0.4 is 0 Å². The van der Waals surface area contributed by atoms with Crippen LogP contribution in [0.2, 0.25) is 5.02 Å². The first-order chi connectivity index (χ1) is 4.88. The van der Waals surface area contributed by atoms with Crippen LogP contribution in [0, 0.1) is 0 Å². The number of fused-ring (bicyclic) bond motifs is 1. The van der Waals surface area contributed by atoms with Crippen LogP contribution in [0.5, 0.6) is 0 Å². The van der Waals surface area contributed by atoms with E-state index in [0.717, 1.165) is 11.1 Å². The lowest BCUT2D eigenvalue weighted by atomic mass is 10.4. The summed E-state index contributed by atoms with van der Waals surface area (Å²) in [5, 5.41) is 0.565. The molecule has 2 aromatic rings. The first-order valence-corrected chi connectivity index (χ1v) is 3.23. The van der Waals surface area contributed by atoms with Crippen LogP contribution >= 0.6 is 11.6 Å². The van der Waals surface area contributed by atoms with Crippen molar-refractivity contribution in [3.63, 3.8) is 0 Å². The first kappa shape index (κ1) is 5.74. The molecule has 0 unspecified atom stereocenters. The maximum absolute atomic E-state index is 5.72. The topological polar surface area (TPSA) is 26.0 Å². The maximum atomic E-state index is 5.72. The highest BCUT2D eigenvalue weighted by Crippen LogP contribution is 2.21. The minimum Gasteiger partial charge on any atom is -0.461 e. The van der Waals surface area contributed by atoms with Crippen molar-refractivity contribution in [2.75, 3.05) is 0 Å². The Bertz CT molecular complexity index is 355. The number of aromatic nitrogens is 1. The summed E-state index contributed by atoms with van der Waals surface area (Å²) in [6.45, 7) is 0. The Morgan fingerprint density at radius 1 is 1.50 bits per heavy atom. The van der Waals surface area contributed by atoms with E-state index in [2.05, 4.69) is 4.98 Å². The molecule has 2 aromatic heterocycles. The van der Waals surface area contributed by atoms with E-state index in [9.17, 15) is 0 Å². The van der Waals surface area contributed by atoms with Gasteiger partial charge in [-0.3, -0.25) is 4.98 Å². The molecule has 0 amide bonds. The lowest BCUT2D eigenvalue weighted by molar-refractivity contribution is 0.615. The summed E-state index contributed by atoms with van der Waals surface area (Å²) in [6.07, 6.45) is 3.17. The summed E-state index contributed by atoms with van der Waals surface area (Å²) in [7, 11) is 0. The van der Waals surface area contributed by atoms with Crippen molar-refractivity contribution < 1.29 is 4.42 Å². The molecule has 0 aromatic carbocycles. The largest absolute Gasteiger partial charge is 0.461 e. The summed E-state index contributed by atoms with van der Waals surface area (Å²) in [5.74, 6) is 0. The zero-order valence-corrected chi connectivity index (χ0v) is 5.80. The Kier molecular flexibility index (Phi) is 1.14. The fraction of sp³-hybridized carbons (Fsp3) is 0. The molecule has 0 radical (unpaired) electrons. The van der Waals surface area contributed by atoms with E-state index in [1.165, 1.54) is 6.26 Å². The second kappa shape index (κ2) is 1.99. The predicted molar refractivity (Wildman–Crippen MR) is 39.0 cm³/mol. The maximum Gasteiger partial charge on any atom is 0.153 e. The molecule has 0 spiro atoms. The third kappa shape index (κ3) is 0.693. The fourth-order valence-corrected chi connectivity index (χ4v) is 1.02. The Morgan fingerprint density at radius 3 is 3.20 bits per heavy atom. The highest BCUT2D eigenvalue weighted by atomic mass is 35.5. The summed E-state index contributed by atoms with van der Waals surface area (Å²) >= 11 is 5.72. The van der Waals surface area contributed by atoms with Gasteiger partial charge in [0, 0.05) is 6.20 Å². The second-order valence-electron chi connectivity index (χ2n) is 1.93. The lowest BCUT2D eigenvalue weighted by Crippen LogP contribution is -1.68. The highest BCUT2D eigenvalue weighted by molar-refractivity contribution is 6.34. The van der Waals surface area contributed by atoms with Crippen molar-refractivity contribution in [1.82, 2.24) is 4.98 Å². The van der Waals surface area contributed by atoms with Crippen molar-refractivity contribution >= 4 is 22.7 Å². The molecule has 0 fully saturated rings. The number of pyridine rings is 1. The Balaban J connectivity index is 2.93. The third-order valence-electron chi connectivity index (χ3n) is 1.29. The van der Waals surface area contributed by atoms with Crippen LogP contribution in [0.25, 0.3) is 11.1 Å². The van der Waals surface area contributed by atoms with E-state index < -0.39 is 0 Å². The zero-order chi connectivity index (χ0) is 6.97. The number of furan rings is 1. The molecule has 10 heavy (non-hydrogen) atoms. The molecule has 50 valence electrons. The molecule has 0 atom stereocenters. The molecule has 0 aliphatic carbocycles. The quantitative estimate of drug-likeness (QED) is 0.581. The van der Waals surface area contributed by atoms with Crippen LogP contribution in [0.15, 0.2) is 29.0 Å².